The summed E-state index contributed by atoms with van der Waals surface area (Å²) >= 11 is 0. The molecule has 3 rings (SSSR count). The number of carbonyl (C=O) groups is 1. The van der Waals surface area contributed by atoms with Crippen LogP contribution in [0.3, 0.4) is 0 Å². The van der Waals surface area contributed by atoms with E-state index < -0.39 is 5.60 Å². The molecule has 0 saturated carbocycles. The minimum Gasteiger partial charge on any atom is -0.504 e. The van der Waals surface area contributed by atoms with E-state index in [0.717, 1.165) is 0 Å². The lowest BCUT2D eigenvalue weighted by atomic mass is 10.1. The molecule has 1 fully saturated rings. The number of nitrogens with zero attached hydrogens (tertiary/aromatic N) is 3. The summed E-state index contributed by atoms with van der Waals surface area (Å²) in [7, 11) is 1.49. The Bertz CT molecular complexity index is 876. The number of rotatable bonds is 5. The lowest BCUT2D eigenvalue weighted by Crippen LogP contribution is -2.44. The van der Waals surface area contributed by atoms with Crippen molar-refractivity contribution in [2.75, 3.05) is 25.5 Å². The molecule has 1 aromatic heterocycles. The Morgan fingerprint density at radius 3 is 2.57 bits per heavy atom. The molecule has 1 aliphatic heterocycles. The molecule has 30 heavy (non-hydrogen) atoms. The van der Waals surface area contributed by atoms with Gasteiger partial charge in [-0.2, -0.15) is 0 Å². The number of anilines is 2. The van der Waals surface area contributed by atoms with Crippen molar-refractivity contribution in [3.05, 3.63) is 30.6 Å². The maximum Gasteiger partial charge on any atom is 0.410 e. The number of carbonyl (C=O) groups excluding carboxylic acids is 1. The molecule has 9 heteroatoms. The van der Waals surface area contributed by atoms with Crippen LogP contribution in [0, 0.1) is 0 Å². The average Bonchev–Trinajstić information content (AvgIpc) is 2.68. The third-order valence-corrected chi connectivity index (χ3v) is 4.47. The molecule has 0 radical (unpaired) electrons. The van der Waals surface area contributed by atoms with E-state index in [-0.39, 0.29) is 17.9 Å². The lowest BCUT2D eigenvalue weighted by Gasteiger charge is -2.33. The first kappa shape index (κ1) is 21.5. The topological polar surface area (TPSA) is 106 Å². The molecule has 0 spiro atoms. The molecule has 1 amide bonds. The highest BCUT2D eigenvalue weighted by molar-refractivity contribution is 5.68. The third kappa shape index (κ3) is 5.88. The normalized spacial score (nSPS) is 14.9. The number of methoxy groups -OCH3 is 1. The zero-order valence-electron chi connectivity index (χ0n) is 17.7. The molecular weight excluding hydrogens is 388 g/mol. The second-order valence-electron chi connectivity index (χ2n) is 8.04. The number of ether oxygens (including phenoxy) is 3. The molecule has 0 atom stereocenters. The number of phenols is 1. The number of benzene rings is 1. The van der Waals surface area contributed by atoms with Gasteiger partial charge < -0.3 is 29.5 Å². The molecule has 162 valence electrons. The first-order valence-corrected chi connectivity index (χ1v) is 9.84. The number of phenolic OH excluding ortho intramolecular Hbond substituents is 1. The van der Waals surface area contributed by atoms with Gasteiger partial charge in [0.05, 0.1) is 7.11 Å². The fourth-order valence-corrected chi connectivity index (χ4v) is 3.04. The highest BCUT2D eigenvalue weighted by atomic mass is 16.6. The molecule has 2 heterocycles. The first-order chi connectivity index (χ1) is 14.2. The van der Waals surface area contributed by atoms with Gasteiger partial charge >= 0.3 is 6.09 Å². The molecule has 0 aliphatic carbocycles. The number of piperidine rings is 1. The van der Waals surface area contributed by atoms with Gasteiger partial charge in [-0.25, -0.2) is 14.8 Å². The first-order valence-electron chi connectivity index (χ1n) is 9.84. The maximum atomic E-state index is 12.2. The summed E-state index contributed by atoms with van der Waals surface area (Å²) in [4.78, 5) is 22.2. The van der Waals surface area contributed by atoms with Crippen LogP contribution in [0.2, 0.25) is 0 Å². The van der Waals surface area contributed by atoms with E-state index in [4.69, 9.17) is 14.2 Å². The highest BCUT2D eigenvalue weighted by Crippen LogP contribution is 2.30. The van der Waals surface area contributed by atoms with Crippen molar-refractivity contribution in [3.8, 4) is 17.4 Å². The average molecular weight is 416 g/mol. The van der Waals surface area contributed by atoms with Gasteiger partial charge in [0.15, 0.2) is 11.5 Å². The van der Waals surface area contributed by atoms with Crippen LogP contribution >= 0.6 is 0 Å². The zero-order chi connectivity index (χ0) is 21.7. The Hall–Kier alpha value is -3.23. The van der Waals surface area contributed by atoms with Crippen molar-refractivity contribution in [2.24, 2.45) is 0 Å². The third-order valence-electron chi connectivity index (χ3n) is 4.47. The van der Waals surface area contributed by atoms with E-state index in [1.807, 2.05) is 20.8 Å². The predicted molar refractivity (Wildman–Crippen MR) is 111 cm³/mol. The van der Waals surface area contributed by atoms with Crippen LogP contribution in [0.4, 0.5) is 16.3 Å². The van der Waals surface area contributed by atoms with Crippen LogP contribution in [-0.2, 0) is 4.74 Å². The number of aromatic nitrogens is 2. The van der Waals surface area contributed by atoms with E-state index in [0.29, 0.717) is 49.1 Å². The van der Waals surface area contributed by atoms with Crippen LogP contribution in [0.1, 0.15) is 33.6 Å². The van der Waals surface area contributed by atoms with Crippen LogP contribution in [0.15, 0.2) is 30.6 Å². The van der Waals surface area contributed by atoms with Gasteiger partial charge in [-0.15, -0.1) is 0 Å². The number of hydrogen-bond donors (Lipinski definition) is 2. The van der Waals surface area contributed by atoms with Crippen molar-refractivity contribution in [3.63, 3.8) is 0 Å². The van der Waals surface area contributed by atoms with Gasteiger partial charge in [-0.3, -0.25) is 0 Å². The van der Waals surface area contributed by atoms with Crippen molar-refractivity contribution in [1.29, 1.82) is 0 Å². The zero-order valence-corrected chi connectivity index (χ0v) is 17.7. The van der Waals surface area contributed by atoms with Crippen molar-refractivity contribution < 1.29 is 24.1 Å². The van der Waals surface area contributed by atoms with Gasteiger partial charge in [0, 0.05) is 43.8 Å². The van der Waals surface area contributed by atoms with Gasteiger partial charge in [-0.05, 0) is 32.9 Å². The van der Waals surface area contributed by atoms with Crippen molar-refractivity contribution in [2.45, 2.75) is 45.3 Å². The highest BCUT2D eigenvalue weighted by Gasteiger charge is 2.27. The second-order valence-corrected chi connectivity index (χ2v) is 8.04. The Kier molecular flexibility index (Phi) is 6.49. The lowest BCUT2D eigenvalue weighted by molar-refractivity contribution is 0.0123. The van der Waals surface area contributed by atoms with Crippen LogP contribution < -0.4 is 14.8 Å². The van der Waals surface area contributed by atoms with Crippen molar-refractivity contribution in [1.82, 2.24) is 14.9 Å². The maximum absolute atomic E-state index is 12.2. The Morgan fingerprint density at radius 2 is 1.93 bits per heavy atom. The number of amides is 1. The summed E-state index contributed by atoms with van der Waals surface area (Å²) in [6.07, 6.45) is 2.46. The van der Waals surface area contributed by atoms with Crippen LogP contribution in [0.25, 0.3) is 0 Å². The number of likely N-dealkylation sites (tertiary alicyclic amines) is 1. The largest absolute Gasteiger partial charge is 0.504 e. The van der Waals surface area contributed by atoms with Gasteiger partial charge in [-0.1, -0.05) is 0 Å². The standard InChI is InChI=1S/C21H28N4O5/c1-21(2,3)30-20(27)25-9-7-15(8-10-25)29-19-12-18(22-13-23-19)24-14-5-6-17(28-4)16(26)11-14/h5-6,11-13,15,26H,7-10H2,1-4H3,(H,22,23,24). The summed E-state index contributed by atoms with van der Waals surface area (Å²) < 4.78 is 16.4. The fraction of sp³-hybridized carbons (Fsp3) is 0.476. The summed E-state index contributed by atoms with van der Waals surface area (Å²) in [6.45, 7) is 6.71. The summed E-state index contributed by atoms with van der Waals surface area (Å²) in [5.74, 6) is 1.41. The van der Waals surface area contributed by atoms with Crippen molar-refractivity contribution >= 4 is 17.6 Å². The Morgan fingerprint density at radius 1 is 1.20 bits per heavy atom. The number of nitrogens with one attached hydrogen (secondary N) is 1. The SMILES string of the molecule is COc1ccc(Nc2cc(OC3CCN(C(=O)OC(C)(C)C)CC3)ncn2)cc1O. The molecule has 2 N–H and O–H groups in total. The smallest absolute Gasteiger partial charge is 0.410 e. The summed E-state index contributed by atoms with van der Waals surface area (Å²) in [5.41, 5.74) is 0.152. The number of aromatic hydroxyl groups is 1. The molecule has 9 nitrogen and oxygen atoms in total. The van der Waals surface area contributed by atoms with Crippen LogP contribution in [0.5, 0.6) is 17.4 Å². The second kappa shape index (κ2) is 9.06. The summed E-state index contributed by atoms with van der Waals surface area (Å²) in [6, 6.07) is 6.68. The van der Waals surface area contributed by atoms with Gasteiger partial charge in [0.1, 0.15) is 23.9 Å². The van der Waals surface area contributed by atoms with E-state index in [1.165, 1.54) is 13.4 Å². The van der Waals surface area contributed by atoms with Crippen LogP contribution in [-0.4, -0.2) is 58.0 Å². The minimum absolute atomic E-state index is 0.0322. The molecule has 0 unspecified atom stereocenters. The molecule has 1 saturated heterocycles. The van der Waals surface area contributed by atoms with E-state index >= 15 is 0 Å². The monoisotopic (exact) mass is 416 g/mol. The van der Waals surface area contributed by atoms with Gasteiger partial charge in [0.2, 0.25) is 5.88 Å². The molecular formula is C21H28N4O5. The molecule has 2 aromatic rings. The van der Waals surface area contributed by atoms with Gasteiger partial charge in [0.25, 0.3) is 0 Å². The minimum atomic E-state index is -0.504. The van der Waals surface area contributed by atoms with E-state index in [1.54, 1.807) is 29.2 Å². The molecule has 1 aromatic carbocycles. The van der Waals surface area contributed by atoms with E-state index in [2.05, 4.69) is 15.3 Å². The van der Waals surface area contributed by atoms with E-state index in [9.17, 15) is 9.90 Å². The Labute approximate surface area is 176 Å². The molecule has 1 aliphatic rings. The fourth-order valence-electron chi connectivity index (χ4n) is 3.04. The Balaban J connectivity index is 1.55. The quantitative estimate of drug-likeness (QED) is 0.760. The predicted octanol–water partition coefficient (Wildman–Crippen LogP) is 3.71. The summed E-state index contributed by atoms with van der Waals surface area (Å²) in [5, 5.41) is 13.0. The number of hydrogen-bond acceptors (Lipinski definition) is 8. The molecule has 0 bridgehead atoms.